The van der Waals surface area contributed by atoms with Gasteiger partial charge in [0.25, 0.3) is 0 Å². The van der Waals surface area contributed by atoms with Crippen LogP contribution >= 0.6 is 0 Å². The van der Waals surface area contributed by atoms with Crippen molar-refractivity contribution in [3.63, 3.8) is 0 Å². The Morgan fingerprint density at radius 1 is 1.19 bits per heavy atom. The van der Waals surface area contributed by atoms with Gasteiger partial charge in [-0.1, -0.05) is 12.1 Å². The van der Waals surface area contributed by atoms with Crippen LogP contribution in [0.15, 0.2) is 24.3 Å². The first-order valence-corrected chi connectivity index (χ1v) is 7.57. The smallest absolute Gasteiger partial charge is 0.317 e. The number of benzene rings is 1. The largest absolute Gasteiger partial charge is 0.338 e. The molecule has 0 saturated carbocycles. The van der Waals surface area contributed by atoms with E-state index >= 15 is 0 Å². The molecule has 1 saturated heterocycles. The lowest BCUT2D eigenvalue weighted by molar-refractivity contribution is 0.119. The van der Waals surface area contributed by atoms with Gasteiger partial charge in [0.1, 0.15) is 5.82 Å². The van der Waals surface area contributed by atoms with Gasteiger partial charge in [0, 0.05) is 38.8 Å². The normalized spacial score (nSPS) is 16.3. The van der Waals surface area contributed by atoms with E-state index in [2.05, 4.69) is 24.1 Å². The van der Waals surface area contributed by atoms with Gasteiger partial charge in [-0.05, 0) is 38.0 Å². The van der Waals surface area contributed by atoms with Gasteiger partial charge in [-0.3, -0.25) is 4.90 Å². The van der Waals surface area contributed by atoms with Gasteiger partial charge in [0.15, 0.2) is 0 Å². The fourth-order valence-corrected chi connectivity index (χ4v) is 2.52. The Hall–Kier alpha value is -1.62. The van der Waals surface area contributed by atoms with Crippen molar-refractivity contribution in [1.82, 2.24) is 15.1 Å². The summed E-state index contributed by atoms with van der Waals surface area (Å²) in [5.41, 5.74) is 1.03. The number of nitrogens with zero attached hydrogens (tertiary/aromatic N) is 2. The minimum atomic E-state index is -0.231. The van der Waals surface area contributed by atoms with Crippen LogP contribution in [0.2, 0.25) is 0 Å². The first-order valence-electron chi connectivity index (χ1n) is 7.57. The van der Waals surface area contributed by atoms with E-state index in [0.717, 1.165) is 38.2 Å². The molecular formula is C16H24FN3O. The Bertz CT molecular complexity index is 453. The summed E-state index contributed by atoms with van der Waals surface area (Å²) in [6, 6.07) is 6.94. The van der Waals surface area contributed by atoms with Gasteiger partial charge >= 0.3 is 6.03 Å². The van der Waals surface area contributed by atoms with Crippen LogP contribution in [0, 0.1) is 5.82 Å². The van der Waals surface area contributed by atoms with Crippen LogP contribution in [0.25, 0.3) is 0 Å². The molecule has 1 aliphatic heterocycles. The first-order chi connectivity index (χ1) is 10.1. The highest BCUT2D eigenvalue weighted by molar-refractivity contribution is 5.74. The second-order valence-electron chi connectivity index (χ2n) is 5.73. The van der Waals surface area contributed by atoms with Crippen LogP contribution in [0.4, 0.5) is 9.18 Å². The molecule has 2 rings (SSSR count). The second kappa shape index (κ2) is 7.41. The highest BCUT2D eigenvalue weighted by atomic mass is 19.1. The van der Waals surface area contributed by atoms with Crippen molar-refractivity contribution in [1.29, 1.82) is 0 Å². The number of carbonyl (C=O) groups is 1. The van der Waals surface area contributed by atoms with Crippen molar-refractivity contribution < 1.29 is 9.18 Å². The number of amides is 2. The van der Waals surface area contributed by atoms with E-state index in [1.807, 2.05) is 4.90 Å². The van der Waals surface area contributed by atoms with Crippen LogP contribution in [0.1, 0.15) is 19.4 Å². The Labute approximate surface area is 125 Å². The van der Waals surface area contributed by atoms with Crippen molar-refractivity contribution in [2.24, 2.45) is 0 Å². The number of hydrogen-bond donors (Lipinski definition) is 1. The number of halogens is 1. The van der Waals surface area contributed by atoms with E-state index in [0.29, 0.717) is 12.6 Å². The SMILES string of the molecule is CC(C)N1CCN(C(=O)NCCc2ccc(F)cc2)CC1. The Morgan fingerprint density at radius 3 is 2.38 bits per heavy atom. The van der Waals surface area contributed by atoms with Crippen LogP contribution in [-0.2, 0) is 6.42 Å². The lowest BCUT2D eigenvalue weighted by Gasteiger charge is -2.36. The summed E-state index contributed by atoms with van der Waals surface area (Å²) in [5.74, 6) is -0.231. The van der Waals surface area contributed by atoms with Gasteiger partial charge < -0.3 is 10.2 Å². The molecule has 1 heterocycles. The van der Waals surface area contributed by atoms with Crippen LogP contribution in [0.3, 0.4) is 0 Å². The van der Waals surface area contributed by atoms with E-state index in [1.54, 1.807) is 12.1 Å². The first kappa shape index (κ1) is 15.8. The summed E-state index contributed by atoms with van der Waals surface area (Å²) in [5, 5.41) is 2.93. The standard InChI is InChI=1S/C16H24FN3O/c1-13(2)19-9-11-20(12-10-19)16(21)18-8-7-14-3-5-15(17)6-4-14/h3-6,13H,7-12H2,1-2H3,(H,18,21). The number of carbonyl (C=O) groups excluding carboxylic acids is 1. The fraction of sp³-hybridized carbons (Fsp3) is 0.562. The molecule has 1 aromatic carbocycles. The number of rotatable bonds is 4. The van der Waals surface area contributed by atoms with Gasteiger partial charge in [-0.15, -0.1) is 0 Å². The third kappa shape index (κ3) is 4.70. The fourth-order valence-electron chi connectivity index (χ4n) is 2.52. The summed E-state index contributed by atoms with van der Waals surface area (Å²) in [6.07, 6.45) is 0.720. The summed E-state index contributed by atoms with van der Waals surface area (Å²) in [7, 11) is 0. The van der Waals surface area contributed by atoms with E-state index in [9.17, 15) is 9.18 Å². The third-order valence-electron chi connectivity index (χ3n) is 3.93. The molecule has 0 bridgehead atoms. The number of piperazine rings is 1. The molecule has 116 valence electrons. The van der Waals surface area contributed by atoms with E-state index in [1.165, 1.54) is 12.1 Å². The van der Waals surface area contributed by atoms with Crippen LogP contribution in [0.5, 0.6) is 0 Å². The molecule has 1 aromatic rings. The maximum atomic E-state index is 12.8. The van der Waals surface area contributed by atoms with Gasteiger partial charge in [-0.25, -0.2) is 9.18 Å². The topological polar surface area (TPSA) is 35.6 Å². The molecule has 1 aliphatic rings. The molecule has 0 aliphatic carbocycles. The van der Waals surface area contributed by atoms with Gasteiger partial charge in [0.05, 0.1) is 0 Å². The minimum Gasteiger partial charge on any atom is -0.338 e. The molecule has 21 heavy (non-hydrogen) atoms. The van der Waals surface area contributed by atoms with Crippen molar-refractivity contribution in [3.8, 4) is 0 Å². The molecule has 5 heteroatoms. The maximum absolute atomic E-state index is 12.8. The predicted molar refractivity (Wildman–Crippen MR) is 81.8 cm³/mol. The Balaban J connectivity index is 1.69. The monoisotopic (exact) mass is 293 g/mol. The molecule has 0 aromatic heterocycles. The zero-order chi connectivity index (χ0) is 15.2. The quantitative estimate of drug-likeness (QED) is 0.923. The van der Waals surface area contributed by atoms with Gasteiger partial charge in [0.2, 0.25) is 0 Å². The van der Waals surface area contributed by atoms with Crippen LogP contribution < -0.4 is 5.32 Å². The van der Waals surface area contributed by atoms with Gasteiger partial charge in [-0.2, -0.15) is 0 Å². The molecule has 1 fully saturated rings. The van der Waals surface area contributed by atoms with Crippen LogP contribution in [-0.4, -0.2) is 54.6 Å². The number of hydrogen-bond acceptors (Lipinski definition) is 2. The lowest BCUT2D eigenvalue weighted by Crippen LogP contribution is -2.53. The molecule has 0 spiro atoms. The highest BCUT2D eigenvalue weighted by Crippen LogP contribution is 2.06. The second-order valence-corrected chi connectivity index (χ2v) is 5.73. The molecule has 0 radical (unpaired) electrons. The molecule has 1 N–H and O–H groups in total. The van der Waals surface area contributed by atoms with Crippen molar-refractivity contribution in [2.45, 2.75) is 26.3 Å². The summed E-state index contributed by atoms with van der Waals surface area (Å²) >= 11 is 0. The van der Waals surface area contributed by atoms with Crippen molar-refractivity contribution >= 4 is 6.03 Å². The molecular weight excluding hydrogens is 269 g/mol. The summed E-state index contributed by atoms with van der Waals surface area (Å²) in [6.45, 7) is 8.36. The van der Waals surface area contributed by atoms with E-state index < -0.39 is 0 Å². The number of urea groups is 1. The number of nitrogens with one attached hydrogen (secondary N) is 1. The zero-order valence-corrected chi connectivity index (χ0v) is 12.8. The summed E-state index contributed by atoms with van der Waals surface area (Å²) in [4.78, 5) is 16.3. The summed E-state index contributed by atoms with van der Waals surface area (Å²) < 4.78 is 12.8. The highest BCUT2D eigenvalue weighted by Gasteiger charge is 2.21. The molecule has 0 atom stereocenters. The molecule has 2 amide bonds. The maximum Gasteiger partial charge on any atom is 0.317 e. The minimum absolute atomic E-state index is 0.000479. The Morgan fingerprint density at radius 2 is 1.81 bits per heavy atom. The van der Waals surface area contributed by atoms with Crippen molar-refractivity contribution in [2.75, 3.05) is 32.7 Å². The van der Waals surface area contributed by atoms with Crippen molar-refractivity contribution in [3.05, 3.63) is 35.6 Å². The third-order valence-corrected chi connectivity index (χ3v) is 3.93. The molecule has 4 nitrogen and oxygen atoms in total. The zero-order valence-electron chi connectivity index (χ0n) is 12.8. The average Bonchev–Trinajstić information content (AvgIpc) is 2.49. The van der Waals surface area contributed by atoms with E-state index in [-0.39, 0.29) is 11.8 Å². The Kier molecular flexibility index (Phi) is 5.56. The predicted octanol–water partition coefficient (Wildman–Crippen LogP) is 2.10. The van der Waals surface area contributed by atoms with E-state index in [4.69, 9.17) is 0 Å². The lowest BCUT2D eigenvalue weighted by atomic mass is 10.1. The average molecular weight is 293 g/mol. The molecule has 0 unspecified atom stereocenters.